The third-order valence-electron chi connectivity index (χ3n) is 3.64. The minimum Gasteiger partial charge on any atom is -0.494 e. The summed E-state index contributed by atoms with van der Waals surface area (Å²) in [4.78, 5) is 2.40. The van der Waals surface area contributed by atoms with Crippen LogP contribution in [0, 0.1) is 0 Å². The molecule has 0 aromatic heterocycles. The SMILES string of the molecule is OCCCCCCOc1ccc(N2CCNCC2)cc1. The van der Waals surface area contributed by atoms with Gasteiger partial charge in [0.05, 0.1) is 6.61 Å². The molecular weight excluding hydrogens is 252 g/mol. The maximum absolute atomic E-state index is 8.70. The first-order chi connectivity index (χ1) is 9.90. The van der Waals surface area contributed by atoms with Crippen LogP contribution in [0.3, 0.4) is 0 Å². The summed E-state index contributed by atoms with van der Waals surface area (Å²) < 4.78 is 5.74. The molecule has 1 saturated heterocycles. The highest BCUT2D eigenvalue weighted by Crippen LogP contribution is 2.20. The van der Waals surface area contributed by atoms with E-state index in [4.69, 9.17) is 9.84 Å². The molecule has 2 N–H and O–H groups in total. The summed E-state index contributed by atoms with van der Waals surface area (Å²) in [6.45, 7) is 5.33. The van der Waals surface area contributed by atoms with Crippen molar-refractivity contribution < 1.29 is 9.84 Å². The molecule has 112 valence electrons. The van der Waals surface area contributed by atoms with Gasteiger partial charge < -0.3 is 20.1 Å². The van der Waals surface area contributed by atoms with Crippen molar-refractivity contribution in [1.29, 1.82) is 0 Å². The molecular formula is C16H26N2O2. The summed E-state index contributed by atoms with van der Waals surface area (Å²) in [7, 11) is 0. The second kappa shape index (κ2) is 8.82. The minimum atomic E-state index is 0.300. The maximum Gasteiger partial charge on any atom is 0.119 e. The van der Waals surface area contributed by atoms with Crippen molar-refractivity contribution in [1.82, 2.24) is 5.32 Å². The Morgan fingerprint density at radius 2 is 1.70 bits per heavy atom. The van der Waals surface area contributed by atoms with Crippen LogP contribution < -0.4 is 15.0 Å². The van der Waals surface area contributed by atoms with E-state index in [-0.39, 0.29) is 0 Å². The monoisotopic (exact) mass is 278 g/mol. The Labute approximate surface area is 121 Å². The van der Waals surface area contributed by atoms with E-state index in [0.29, 0.717) is 6.61 Å². The van der Waals surface area contributed by atoms with Crippen molar-refractivity contribution in [3.05, 3.63) is 24.3 Å². The summed E-state index contributed by atoms with van der Waals surface area (Å²) in [5.74, 6) is 0.950. The molecule has 0 atom stereocenters. The lowest BCUT2D eigenvalue weighted by atomic mass is 10.2. The Kier molecular flexibility index (Phi) is 6.68. The zero-order valence-electron chi connectivity index (χ0n) is 12.2. The highest BCUT2D eigenvalue weighted by atomic mass is 16.5. The maximum atomic E-state index is 8.70. The lowest BCUT2D eigenvalue weighted by Crippen LogP contribution is -2.43. The van der Waals surface area contributed by atoms with Crippen LogP contribution >= 0.6 is 0 Å². The third kappa shape index (κ3) is 5.02. The lowest BCUT2D eigenvalue weighted by molar-refractivity contribution is 0.273. The van der Waals surface area contributed by atoms with Crippen LogP contribution in [0.5, 0.6) is 5.75 Å². The number of nitrogens with zero attached hydrogens (tertiary/aromatic N) is 1. The molecule has 0 bridgehead atoms. The highest BCUT2D eigenvalue weighted by molar-refractivity contribution is 5.49. The Morgan fingerprint density at radius 1 is 1.00 bits per heavy atom. The summed E-state index contributed by atoms with van der Waals surface area (Å²) in [5.41, 5.74) is 1.28. The van der Waals surface area contributed by atoms with Crippen LogP contribution in [0.25, 0.3) is 0 Å². The molecule has 0 radical (unpaired) electrons. The van der Waals surface area contributed by atoms with Crippen molar-refractivity contribution in [2.75, 3.05) is 44.3 Å². The number of aliphatic hydroxyl groups is 1. The number of anilines is 1. The fraction of sp³-hybridized carbons (Fsp3) is 0.625. The number of rotatable bonds is 8. The molecule has 0 saturated carbocycles. The number of benzene rings is 1. The molecule has 1 heterocycles. The number of nitrogens with one attached hydrogen (secondary N) is 1. The van der Waals surface area contributed by atoms with E-state index in [1.807, 2.05) is 0 Å². The van der Waals surface area contributed by atoms with Crippen molar-refractivity contribution in [3.8, 4) is 5.75 Å². The van der Waals surface area contributed by atoms with E-state index >= 15 is 0 Å². The van der Waals surface area contributed by atoms with Crippen molar-refractivity contribution in [2.45, 2.75) is 25.7 Å². The smallest absolute Gasteiger partial charge is 0.119 e. The van der Waals surface area contributed by atoms with Gasteiger partial charge in [-0.2, -0.15) is 0 Å². The van der Waals surface area contributed by atoms with Gasteiger partial charge in [0.25, 0.3) is 0 Å². The number of hydrogen-bond donors (Lipinski definition) is 2. The average Bonchev–Trinajstić information content (AvgIpc) is 2.52. The summed E-state index contributed by atoms with van der Waals surface area (Å²) in [5, 5.41) is 12.1. The molecule has 0 aliphatic carbocycles. The molecule has 4 heteroatoms. The predicted octanol–water partition coefficient (Wildman–Crippen LogP) is 2.03. The molecule has 1 aliphatic rings. The van der Waals surface area contributed by atoms with Crippen molar-refractivity contribution >= 4 is 5.69 Å². The topological polar surface area (TPSA) is 44.7 Å². The van der Waals surface area contributed by atoms with E-state index in [1.54, 1.807) is 0 Å². The van der Waals surface area contributed by atoms with E-state index in [0.717, 1.165) is 64.2 Å². The Morgan fingerprint density at radius 3 is 2.40 bits per heavy atom. The zero-order valence-corrected chi connectivity index (χ0v) is 12.2. The molecule has 0 spiro atoms. The molecule has 4 nitrogen and oxygen atoms in total. The molecule has 1 aromatic carbocycles. The molecule has 0 unspecified atom stereocenters. The van der Waals surface area contributed by atoms with E-state index < -0.39 is 0 Å². The van der Waals surface area contributed by atoms with Gasteiger partial charge >= 0.3 is 0 Å². The molecule has 1 fully saturated rings. The number of piperazine rings is 1. The fourth-order valence-electron chi connectivity index (χ4n) is 2.43. The van der Waals surface area contributed by atoms with E-state index in [1.165, 1.54) is 5.69 Å². The highest BCUT2D eigenvalue weighted by Gasteiger charge is 2.09. The van der Waals surface area contributed by atoms with Gasteiger partial charge in [-0.25, -0.2) is 0 Å². The van der Waals surface area contributed by atoms with Gasteiger partial charge in [-0.15, -0.1) is 0 Å². The van der Waals surface area contributed by atoms with Crippen LogP contribution in [0.1, 0.15) is 25.7 Å². The number of unbranched alkanes of at least 4 members (excludes halogenated alkanes) is 3. The largest absolute Gasteiger partial charge is 0.494 e. The Bertz CT molecular complexity index is 361. The average molecular weight is 278 g/mol. The van der Waals surface area contributed by atoms with Gasteiger partial charge in [-0.05, 0) is 43.5 Å². The number of hydrogen-bond acceptors (Lipinski definition) is 4. The van der Waals surface area contributed by atoms with Crippen LogP contribution in [0.2, 0.25) is 0 Å². The van der Waals surface area contributed by atoms with Gasteiger partial charge in [0.1, 0.15) is 5.75 Å². The fourth-order valence-corrected chi connectivity index (χ4v) is 2.43. The van der Waals surface area contributed by atoms with Gasteiger partial charge in [0.2, 0.25) is 0 Å². The third-order valence-corrected chi connectivity index (χ3v) is 3.64. The van der Waals surface area contributed by atoms with Crippen LogP contribution in [0.4, 0.5) is 5.69 Å². The number of aliphatic hydroxyl groups excluding tert-OH is 1. The Hall–Kier alpha value is -1.26. The molecule has 0 amide bonds. The first-order valence-electron chi connectivity index (χ1n) is 7.69. The summed E-state index contributed by atoms with van der Waals surface area (Å²) >= 11 is 0. The number of ether oxygens (including phenoxy) is 1. The van der Waals surface area contributed by atoms with Crippen LogP contribution in [-0.4, -0.2) is 44.5 Å². The summed E-state index contributed by atoms with van der Waals surface area (Å²) in [6.07, 6.45) is 4.17. The predicted molar refractivity (Wildman–Crippen MR) is 82.6 cm³/mol. The second-order valence-electron chi connectivity index (χ2n) is 5.22. The van der Waals surface area contributed by atoms with Crippen LogP contribution in [0.15, 0.2) is 24.3 Å². The second-order valence-corrected chi connectivity index (χ2v) is 5.22. The first-order valence-corrected chi connectivity index (χ1v) is 7.69. The first kappa shape index (κ1) is 15.1. The van der Waals surface area contributed by atoms with E-state index in [2.05, 4.69) is 34.5 Å². The zero-order chi connectivity index (χ0) is 14.0. The van der Waals surface area contributed by atoms with Gasteiger partial charge in [-0.1, -0.05) is 6.42 Å². The van der Waals surface area contributed by atoms with Gasteiger partial charge in [-0.3, -0.25) is 0 Å². The minimum absolute atomic E-state index is 0.300. The Balaban J connectivity index is 1.68. The standard InChI is InChI=1S/C16H26N2O2/c19-13-3-1-2-4-14-20-16-7-5-15(6-8-16)18-11-9-17-10-12-18/h5-8,17,19H,1-4,9-14H2. The normalized spacial score (nSPS) is 15.3. The molecule has 1 aromatic rings. The molecule has 2 rings (SSSR count). The van der Waals surface area contributed by atoms with E-state index in [9.17, 15) is 0 Å². The molecule has 1 aliphatic heterocycles. The molecule has 20 heavy (non-hydrogen) atoms. The van der Waals surface area contributed by atoms with Gasteiger partial charge in [0.15, 0.2) is 0 Å². The lowest BCUT2D eigenvalue weighted by Gasteiger charge is -2.29. The van der Waals surface area contributed by atoms with Crippen molar-refractivity contribution in [3.63, 3.8) is 0 Å². The quantitative estimate of drug-likeness (QED) is 0.714. The van der Waals surface area contributed by atoms with Gasteiger partial charge in [0, 0.05) is 38.5 Å². The van der Waals surface area contributed by atoms with Crippen LogP contribution in [-0.2, 0) is 0 Å². The summed E-state index contributed by atoms with van der Waals surface area (Å²) in [6, 6.07) is 8.41. The van der Waals surface area contributed by atoms with Crippen molar-refractivity contribution in [2.24, 2.45) is 0 Å².